The van der Waals surface area contributed by atoms with E-state index in [2.05, 4.69) is 4.98 Å². The quantitative estimate of drug-likeness (QED) is 0.788. The van der Waals surface area contributed by atoms with E-state index in [1.54, 1.807) is 32.8 Å². The van der Waals surface area contributed by atoms with E-state index in [0.29, 0.717) is 24.8 Å². The van der Waals surface area contributed by atoms with Crippen LogP contribution in [0.2, 0.25) is 0 Å². The van der Waals surface area contributed by atoms with Crippen LogP contribution < -0.4 is 4.74 Å². The van der Waals surface area contributed by atoms with E-state index in [0.717, 1.165) is 17.5 Å². The number of aliphatic hydroxyl groups excluding tert-OH is 1. The first-order valence-electron chi connectivity index (χ1n) is 10.1. The first kappa shape index (κ1) is 22.0. The van der Waals surface area contributed by atoms with Gasteiger partial charge in [0, 0.05) is 17.8 Å². The van der Waals surface area contributed by atoms with Gasteiger partial charge in [0.1, 0.15) is 23.3 Å². The Morgan fingerprint density at radius 3 is 2.57 bits per heavy atom. The number of carbonyl (C=O) groups excluding carboxylic acids is 1. The van der Waals surface area contributed by atoms with Crippen LogP contribution in [0.3, 0.4) is 0 Å². The van der Waals surface area contributed by atoms with Gasteiger partial charge in [-0.05, 0) is 63.8 Å². The van der Waals surface area contributed by atoms with Crippen molar-refractivity contribution in [3.05, 3.63) is 59.7 Å². The number of hydrogen-bond acceptors (Lipinski definition) is 5. The lowest BCUT2D eigenvalue weighted by Crippen LogP contribution is -2.47. The number of aliphatic hydroxyl groups is 1. The first-order chi connectivity index (χ1) is 14.2. The van der Waals surface area contributed by atoms with Crippen molar-refractivity contribution in [3.63, 3.8) is 0 Å². The minimum absolute atomic E-state index is 0.144. The number of methoxy groups -OCH3 is 1. The number of amides is 1. The Balaban J connectivity index is 1.85. The molecule has 30 heavy (non-hydrogen) atoms. The van der Waals surface area contributed by atoms with Crippen molar-refractivity contribution < 1.29 is 23.8 Å². The highest BCUT2D eigenvalue weighted by Gasteiger charge is 2.43. The second-order valence-electron chi connectivity index (χ2n) is 8.62. The molecule has 0 saturated carbocycles. The van der Waals surface area contributed by atoms with E-state index in [9.17, 15) is 14.3 Å². The molecule has 1 aromatic carbocycles. The normalized spacial score (nSPS) is 20.1. The first-order valence-corrected chi connectivity index (χ1v) is 10.1. The Morgan fingerprint density at radius 2 is 1.97 bits per heavy atom. The fraction of sp³-hybridized carbons (Fsp3) is 0.478. The molecule has 162 valence electrons. The molecule has 3 atom stereocenters. The molecule has 3 rings (SSSR count). The molecule has 0 bridgehead atoms. The summed E-state index contributed by atoms with van der Waals surface area (Å²) in [5, 5.41) is 10.9. The second-order valence-corrected chi connectivity index (χ2v) is 8.62. The van der Waals surface area contributed by atoms with Gasteiger partial charge in [-0.15, -0.1) is 0 Å². The number of pyridine rings is 1. The van der Waals surface area contributed by atoms with Crippen LogP contribution in [0.4, 0.5) is 9.18 Å². The number of halogens is 1. The van der Waals surface area contributed by atoms with Crippen LogP contribution in [-0.2, 0) is 11.2 Å². The Kier molecular flexibility index (Phi) is 6.61. The molecule has 0 spiro atoms. The van der Waals surface area contributed by atoms with Crippen LogP contribution in [0, 0.1) is 5.82 Å². The summed E-state index contributed by atoms with van der Waals surface area (Å²) in [6.07, 6.45) is 2.89. The Morgan fingerprint density at radius 1 is 1.27 bits per heavy atom. The van der Waals surface area contributed by atoms with Gasteiger partial charge >= 0.3 is 6.09 Å². The van der Waals surface area contributed by atoms with E-state index < -0.39 is 29.7 Å². The summed E-state index contributed by atoms with van der Waals surface area (Å²) >= 11 is 0. The van der Waals surface area contributed by atoms with Crippen molar-refractivity contribution in [2.75, 3.05) is 7.11 Å². The molecule has 1 aliphatic heterocycles. The summed E-state index contributed by atoms with van der Waals surface area (Å²) in [5.74, 6) is 0.240. The molecule has 2 unspecified atom stereocenters. The maximum Gasteiger partial charge on any atom is 0.410 e. The van der Waals surface area contributed by atoms with Gasteiger partial charge in [0.05, 0.1) is 19.3 Å². The average Bonchev–Trinajstić information content (AvgIpc) is 3.10. The highest BCUT2D eigenvalue weighted by molar-refractivity contribution is 5.69. The molecule has 6 nitrogen and oxygen atoms in total. The third-order valence-corrected chi connectivity index (χ3v) is 5.21. The fourth-order valence-corrected chi connectivity index (χ4v) is 3.87. The van der Waals surface area contributed by atoms with Crippen LogP contribution in [0.25, 0.3) is 0 Å². The minimum atomic E-state index is -1.05. The molecule has 0 radical (unpaired) electrons. The van der Waals surface area contributed by atoms with Crippen molar-refractivity contribution in [2.45, 2.75) is 63.8 Å². The molecule has 1 amide bonds. The molecule has 2 aromatic rings. The van der Waals surface area contributed by atoms with E-state index >= 15 is 0 Å². The smallest absolute Gasteiger partial charge is 0.410 e. The van der Waals surface area contributed by atoms with Gasteiger partial charge in [0.15, 0.2) is 0 Å². The van der Waals surface area contributed by atoms with Gasteiger partial charge in [0.25, 0.3) is 0 Å². The summed E-state index contributed by atoms with van der Waals surface area (Å²) in [5.41, 5.74) is 0.732. The molecule has 1 N–H and O–H groups in total. The van der Waals surface area contributed by atoms with Crippen LogP contribution in [0.15, 0.2) is 42.7 Å². The average molecular weight is 416 g/mol. The van der Waals surface area contributed by atoms with Gasteiger partial charge in [-0.2, -0.15) is 0 Å². The highest BCUT2D eigenvalue weighted by atomic mass is 19.1. The SMILES string of the molecule is COc1ccc(CC2CC[C@@H](C(O)c3cncc(F)c3)N2C(=O)OC(C)(C)C)cc1. The monoisotopic (exact) mass is 416 g/mol. The highest BCUT2D eigenvalue weighted by Crippen LogP contribution is 2.36. The summed E-state index contributed by atoms with van der Waals surface area (Å²) < 4.78 is 24.5. The predicted octanol–water partition coefficient (Wildman–Crippen LogP) is 4.27. The minimum Gasteiger partial charge on any atom is -0.497 e. The van der Waals surface area contributed by atoms with Crippen LogP contribution in [-0.4, -0.2) is 45.9 Å². The van der Waals surface area contributed by atoms with Gasteiger partial charge in [-0.25, -0.2) is 9.18 Å². The number of likely N-dealkylation sites (tertiary alicyclic amines) is 1. The Hall–Kier alpha value is -2.67. The van der Waals surface area contributed by atoms with Crippen molar-refractivity contribution in [1.29, 1.82) is 0 Å². The van der Waals surface area contributed by atoms with E-state index in [1.807, 2.05) is 24.3 Å². The van der Waals surface area contributed by atoms with Crippen molar-refractivity contribution >= 4 is 6.09 Å². The topological polar surface area (TPSA) is 71.9 Å². The standard InChI is InChI=1S/C23H29FN2O4/c1-23(2,3)30-22(28)26-18(11-15-5-8-19(29-4)9-6-15)7-10-20(26)21(27)16-12-17(24)14-25-13-16/h5-6,8-9,12-14,18,20-21,27H,7,10-11H2,1-4H3/t18?,20-,21?/m0/s1. The van der Waals surface area contributed by atoms with Crippen LogP contribution >= 0.6 is 0 Å². The third-order valence-electron chi connectivity index (χ3n) is 5.21. The number of benzene rings is 1. The lowest BCUT2D eigenvalue weighted by molar-refractivity contribution is -0.00462. The number of aromatic nitrogens is 1. The molecular weight excluding hydrogens is 387 g/mol. The van der Waals surface area contributed by atoms with Gasteiger partial charge in [0.2, 0.25) is 0 Å². The molecular formula is C23H29FN2O4. The zero-order valence-corrected chi connectivity index (χ0v) is 17.8. The number of ether oxygens (including phenoxy) is 2. The van der Waals surface area contributed by atoms with Crippen molar-refractivity contribution in [3.8, 4) is 5.75 Å². The molecule has 2 heterocycles. The second kappa shape index (κ2) is 9.00. The lowest BCUT2D eigenvalue weighted by atomic mass is 10.0. The van der Waals surface area contributed by atoms with Gasteiger partial charge < -0.3 is 14.6 Å². The zero-order valence-electron chi connectivity index (χ0n) is 17.8. The Labute approximate surface area is 176 Å². The molecule has 7 heteroatoms. The summed E-state index contributed by atoms with van der Waals surface area (Å²) in [6.45, 7) is 5.42. The summed E-state index contributed by atoms with van der Waals surface area (Å²) in [7, 11) is 1.61. The van der Waals surface area contributed by atoms with Crippen LogP contribution in [0.1, 0.15) is 50.8 Å². The van der Waals surface area contributed by atoms with E-state index in [4.69, 9.17) is 9.47 Å². The summed E-state index contributed by atoms with van der Waals surface area (Å²) in [6, 6.07) is 8.28. The van der Waals surface area contributed by atoms with Crippen molar-refractivity contribution in [1.82, 2.24) is 9.88 Å². The van der Waals surface area contributed by atoms with E-state index in [-0.39, 0.29) is 6.04 Å². The Bertz CT molecular complexity index is 866. The number of hydrogen-bond donors (Lipinski definition) is 1. The summed E-state index contributed by atoms with van der Waals surface area (Å²) in [4.78, 5) is 18.5. The molecule has 1 fully saturated rings. The zero-order chi connectivity index (χ0) is 21.9. The van der Waals surface area contributed by atoms with E-state index in [1.165, 1.54) is 12.3 Å². The third kappa shape index (κ3) is 5.27. The number of rotatable bonds is 5. The molecule has 1 saturated heterocycles. The fourth-order valence-electron chi connectivity index (χ4n) is 3.87. The maximum atomic E-state index is 13.6. The largest absolute Gasteiger partial charge is 0.497 e. The molecule has 1 aromatic heterocycles. The van der Waals surface area contributed by atoms with Crippen molar-refractivity contribution in [2.24, 2.45) is 0 Å². The molecule has 1 aliphatic rings. The number of nitrogens with zero attached hydrogens (tertiary/aromatic N) is 2. The van der Waals surface area contributed by atoms with Gasteiger partial charge in [-0.3, -0.25) is 9.88 Å². The maximum absolute atomic E-state index is 13.6. The number of carbonyl (C=O) groups is 1. The predicted molar refractivity (Wildman–Crippen MR) is 111 cm³/mol. The van der Waals surface area contributed by atoms with Gasteiger partial charge in [-0.1, -0.05) is 12.1 Å². The van der Waals surface area contributed by atoms with Crippen LogP contribution in [0.5, 0.6) is 5.75 Å². The molecule has 0 aliphatic carbocycles. The lowest BCUT2D eigenvalue weighted by Gasteiger charge is -2.34.